The highest BCUT2D eigenvalue weighted by Gasteiger charge is 2.28. The first kappa shape index (κ1) is 24.6. The molecule has 0 saturated carbocycles. The summed E-state index contributed by atoms with van der Waals surface area (Å²) in [6.45, 7) is 3.25. The van der Waals surface area contributed by atoms with E-state index < -0.39 is 39.8 Å². The van der Waals surface area contributed by atoms with Crippen molar-refractivity contribution in [2.24, 2.45) is 5.92 Å². The number of carbonyl (C=O) groups excluding carboxylic acids is 1. The van der Waals surface area contributed by atoms with E-state index in [4.69, 9.17) is 0 Å². The summed E-state index contributed by atoms with van der Waals surface area (Å²) < 4.78 is 42.4. The lowest BCUT2D eigenvalue weighted by Crippen LogP contribution is -2.44. The molecule has 2 amide bonds. The summed E-state index contributed by atoms with van der Waals surface area (Å²) in [4.78, 5) is 23.7. The molecular formula is C24H22FN3O5S2. The number of amides is 2. The third kappa shape index (κ3) is 5.42. The van der Waals surface area contributed by atoms with Crippen LogP contribution in [0.1, 0.15) is 13.8 Å². The molecule has 0 radical (unpaired) electrons. The van der Waals surface area contributed by atoms with Crippen molar-refractivity contribution >= 4 is 64.9 Å². The van der Waals surface area contributed by atoms with Crippen LogP contribution in [0, 0.1) is 11.7 Å². The van der Waals surface area contributed by atoms with Gasteiger partial charge in [0.15, 0.2) is 0 Å². The Balaban J connectivity index is 1.58. The maximum atomic E-state index is 13.0. The van der Waals surface area contributed by atoms with E-state index in [1.54, 1.807) is 32.0 Å². The Morgan fingerprint density at radius 1 is 0.886 bits per heavy atom. The number of sulfonamides is 1. The van der Waals surface area contributed by atoms with Gasteiger partial charge in [-0.3, -0.25) is 4.79 Å². The lowest BCUT2D eigenvalue weighted by atomic mass is 10.1. The average Bonchev–Trinajstić information content (AvgIpc) is 3.15. The predicted octanol–water partition coefficient (Wildman–Crippen LogP) is 5.23. The van der Waals surface area contributed by atoms with Crippen LogP contribution >= 0.6 is 11.3 Å². The van der Waals surface area contributed by atoms with Crippen LogP contribution in [0.2, 0.25) is 0 Å². The zero-order valence-corrected chi connectivity index (χ0v) is 20.3. The number of carbonyl (C=O) groups is 2. The molecule has 4 aromatic rings. The van der Waals surface area contributed by atoms with E-state index in [1.165, 1.54) is 47.7 Å². The number of carboxylic acid groups (broad SMARTS) is 1. The number of rotatable bonds is 7. The molecule has 4 rings (SSSR count). The van der Waals surface area contributed by atoms with Gasteiger partial charge in [-0.2, -0.15) is 4.72 Å². The van der Waals surface area contributed by atoms with E-state index in [0.717, 1.165) is 15.5 Å². The molecule has 3 aromatic carbocycles. The van der Waals surface area contributed by atoms with Gasteiger partial charge in [0.1, 0.15) is 11.9 Å². The normalized spacial score (nSPS) is 12.7. The molecule has 1 unspecified atom stereocenters. The van der Waals surface area contributed by atoms with Gasteiger partial charge in [-0.1, -0.05) is 26.0 Å². The molecule has 8 nitrogen and oxygen atoms in total. The van der Waals surface area contributed by atoms with Crippen molar-refractivity contribution in [1.82, 2.24) is 4.72 Å². The van der Waals surface area contributed by atoms with E-state index in [9.17, 15) is 27.5 Å². The monoisotopic (exact) mass is 515 g/mol. The van der Waals surface area contributed by atoms with Gasteiger partial charge in [-0.15, -0.1) is 11.3 Å². The highest BCUT2D eigenvalue weighted by molar-refractivity contribution is 7.89. The van der Waals surface area contributed by atoms with E-state index in [2.05, 4.69) is 15.4 Å². The Labute approximate surface area is 204 Å². The Hall–Kier alpha value is -3.54. The van der Waals surface area contributed by atoms with Gasteiger partial charge < -0.3 is 15.7 Å². The largest absolute Gasteiger partial charge is 0.480 e. The van der Waals surface area contributed by atoms with Crippen molar-refractivity contribution in [3.63, 3.8) is 0 Å². The summed E-state index contributed by atoms with van der Waals surface area (Å²) in [6, 6.07) is 13.6. The number of thiophene rings is 1. The predicted molar refractivity (Wildman–Crippen MR) is 135 cm³/mol. The molecule has 0 fully saturated rings. The minimum atomic E-state index is -4.05. The second-order valence-corrected chi connectivity index (χ2v) is 11.0. The van der Waals surface area contributed by atoms with Crippen LogP contribution in [0.3, 0.4) is 0 Å². The first-order valence-electron chi connectivity index (χ1n) is 10.6. The topological polar surface area (TPSA) is 125 Å². The van der Waals surface area contributed by atoms with Crippen LogP contribution in [0.5, 0.6) is 0 Å². The average molecular weight is 516 g/mol. The number of nitrogens with one attached hydrogen (secondary N) is 3. The summed E-state index contributed by atoms with van der Waals surface area (Å²) in [6.07, 6.45) is 0. The van der Waals surface area contributed by atoms with E-state index >= 15 is 0 Å². The summed E-state index contributed by atoms with van der Waals surface area (Å²) in [7, 11) is -4.05. The zero-order chi connectivity index (χ0) is 25.3. The molecular weight excluding hydrogens is 493 g/mol. The minimum absolute atomic E-state index is 0.0273. The van der Waals surface area contributed by atoms with Crippen molar-refractivity contribution in [2.75, 3.05) is 10.6 Å². The Morgan fingerprint density at radius 3 is 2.09 bits per heavy atom. The molecule has 0 aliphatic rings. The van der Waals surface area contributed by atoms with E-state index in [-0.39, 0.29) is 4.90 Å². The zero-order valence-electron chi connectivity index (χ0n) is 18.7. The van der Waals surface area contributed by atoms with Crippen LogP contribution < -0.4 is 15.4 Å². The standard InChI is InChI=1S/C24H22FN3O5S2/c1-13(2)22(23(29)30)28-35(32,33)17-8-10-19-18-9-7-16(11-20(18)34-21(19)12-17)27-24(31)26-15-5-3-14(25)4-6-15/h3-13,22,28H,1-2H3,(H,29,30)(H2,26,27,31). The van der Waals surface area contributed by atoms with Gasteiger partial charge in [0.05, 0.1) is 4.90 Å². The van der Waals surface area contributed by atoms with Gasteiger partial charge in [0, 0.05) is 31.5 Å². The molecule has 182 valence electrons. The van der Waals surface area contributed by atoms with E-state index in [0.29, 0.717) is 16.1 Å². The molecule has 35 heavy (non-hydrogen) atoms. The number of anilines is 2. The number of carboxylic acids is 1. The lowest BCUT2D eigenvalue weighted by molar-refractivity contribution is -0.140. The number of hydrogen-bond acceptors (Lipinski definition) is 5. The van der Waals surface area contributed by atoms with Crippen LogP contribution in [0.15, 0.2) is 65.6 Å². The SMILES string of the molecule is CC(C)C(NS(=O)(=O)c1ccc2c(c1)sc1cc(NC(=O)Nc3ccc(F)cc3)ccc12)C(=O)O. The molecule has 0 aliphatic heterocycles. The number of fused-ring (bicyclic) bond motifs is 3. The molecule has 4 N–H and O–H groups in total. The fraction of sp³-hybridized carbons (Fsp3) is 0.167. The maximum absolute atomic E-state index is 13.0. The molecule has 1 heterocycles. The van der Waals surface area contributed by atoms with E-state index in [1.807, 2.05) is 6.07 Å². The molecule has 0 spiro atoms. The number of benzene rings is 3. The number of urea groups is 1. The first-order chi connectivity index (χ1) is 16.5. The van der Waals surface area contributed by atoms with Crippen molar-refractivity contribution < 1.29 is 27.5 Å². The first-order valence-corrected chi connectivity index (χ1v) is 12.9. The second-order valence-electron chi connectivity index (χ2n) is 8.24. The highest BCUT2D eigenvalue weighted by atomic mass is 32.2. The summed E-state index contributed by atoms with van der Waals surface area (Å²) in [5, 5.41) is 16.4. The van der Waals surface area contributed by atoms with Crippen LogP contribution in [0.25, 0.3) is 20.2 Å². The summed E-state index contributed by atoms with van der Waals surface area (Å²) in [5.41, 5.74) is 0.969. The third-order valence-corrected chi connectivity index (χ3v) is 7.88. The highest BCUT2D eigenvalue weighted by Crippen LogP contribution is 2.36. The second kappa shape index (κ2) is 9.61. The fourth-order valence-corrected chi connectivity index (χ4v) is 6.16. The van der Waals surface area contributed by atoms with Gasteiger partial charge >= 0.3 is 12.0 Å². The number of aliphatic carboxylic acids is 1. The Bertz CT molecular complexity index is 1530. The third-order valence-electron chi connectivity index (χ3n) is 5.33. The van der Waals surface area contributed by atoms with Gasteiger partial charge in [0.2, 0.25) is 10.0 Å². The van der Waals surface area contributed by atoms with Crippen LogP contribution in [-0.2, 0) is 14.8 Å². The maximum Gasteiger partial charge on any atom is 0.323 e. The van der Waals surface area contributed by atoms with Crippen molar-refractivity contribution in [2.45, 2.75) is 24.8 Å². The molecule has 0 bridgehead atoms. The Kier molecular flexibility index (Phi) is 6.75. The Morgan fingerprint density at radius 2 is 1.46 bits per heavy atom. The van der Waals surface area contributed by atoms with Crippen molar-refractivity contribution in [1.29, 1.82) is 0 Å². The fourth-order valence-electron chi connectivity index (χ4n) is 3.54. The quantitative estimate of drug-likeness (QED) is 0.268. The number of halogens is 1. The smallest absolute Gasteiger partial charge is 0.323 e. The van der Waals surface area contributed by atoms with Crippen molar-refractivity contribution in [3.8, 4) is 0 Å². The van der Waals surface area contributed by atoms with Gasteiger partial charge in [-0.05, 0) is 54.4 Å². The molecule has 0 saturated heterocycles. The molecule has 11 heteroatoms. The van der Waals surface area contributed by atoms with Gasteiger partial charge in [-0.25, -0.2) is 17.6 Å². The summed E-state index contributed by atoms with van der Waals surface area (Å²) >= 11 is 1.35. The van der Waals surface area contributed by atoms with Crippen molar-refractivity contribution in [3.05, 3.63) is 66.5 Å². The van der Waals surface area contributed by atoms with Gasteiger partial charge in [0.25, 0.3) is 0 Å². The lowest BCUT2D eigenvalue weighted by Gasteiger charge is -2.18. The number of hydrogen-bond donors (Lipinski definition) is 4. The molecule has 0 aliphatic carbocycles. The molecule has 1 aromatic heterocycles. The van der Waals surface area contributed by atoms with Crippen LogP contribution in [-0.4, -0.2) is 31.6 Å². The van der Waals surface area contributed by atoms with Crippen LogP contribution in [0.4, 0.5) is 20.6 Å². The molecule has 1 atom stereocenters. The summed E-state index contributed by atoms with van der Waals surface area (Å²) in [5.74, 6) is -2.07. The minimum Gasteiger partial charge on any atom is -0.480 e.